The summed E-state index contributed by atoms with van der Waals surface area (Å²) in [6.07, 6.45) is 5.20. The maximum Gasteiger partial charge on any atom is 0.118 e. The molecule has 0 amide bonds. The van der Waals surface area contributed by atoms with Crippen molar-refractivity contribution < 1.29 is 14.6 Å². The van der Waals surface area contributed by atoms with Crippen LogP contribution in [-0.4, -0.2) is 24.9 Å². The molecule has 2 unspecified atom stereocenters. The van der Waals surface area contributed by atoms with Crippen molar-refractivity contribution in [1.29, 1.82) is 0 Å². The van der Waals surface area contributed by atoms with Crippen molar-refractivity contribution in [3.8, 4) is 5.75 Å². The highest BCUT2D eigenvalue weighted by Crippen LogP contribution is 2.24. The van der Waals surface area contributed by atoms with Crippen molar-refractivity contribution in [2.45, 2.75) is 44.3 Å². The fourth-order valence-corrected chi connectivity index (χ4v) is 2.37. The van der Waals surface area contributed by atoms with Crippen LogP contribution >= 0.6 is 0 Å². The molecular weight excluding hydrogens is 228 g/mol. The quantitative estimate of drug-likeness (QED) is 0.872. The second-order valence-corrected chi connectivity index (χ2v) is 4.85. The molecule has 100 valence electrons. The van der Waals surface area contributed by atoms with Gasteiger partial charge >= 0.3 is 0 Å². The van der Waals surface area contributed by atoms with Gasteiger partial charge in [-0.05, 0) is 49.8 Å². The van der Waals surface area contributed by atoms with Crippen LogP contribution < -0.4 is 4.74 Å². The first-order chi connectivity index (χ1) is 8.79. The maximum absolute atomic E-state index is 10.1. The number of hydrogen-bond acceptors (Lipinski definition) is 3. The summed E-state index contributed by atoms with van der Waals surface area (Å²) in [4.78, 5) is 0. The lowest BCUT2D eigenvalue weighted by atomic mass is 9.99. The van der Waals surface area contributed by atoms with Gasteiger partial charge in [0, 0.05) is 6.61 Å². The van der Waals surface area contributed by atoms with Gasteiger partial charge in [0.15, 0.2) is 0 Å². The molecule has 3 nitrogen and oxygen atoms in total. The normalized spacial score (nSPS) is 21.6. The van der Waals surface area contributed by atoms with Gasteiger partial charge in [-0.2, -0.15) is 0 Å². The Balaban J connectivity index is 1.80. The van der Waals surface area contributed by atoms with Crippen LogP contribution in [0.4, 0.5) is 0 Å². The lowest BCUT2D eigenvalue weighted by Crippen LogP contribution is -2.19. The summed E-state index contributed by atoms with van der Waals surface area (Å²) in [5.74, 6) is 0.821. The van der Waals surface area contributed by atoms with E-state index in [2.05, 4.69) is 0 Å². The summed E-state index contributed by atoms with van der Waals surface area (Å²) >= 11 is 0. The van der Waals surface area contributed by atoms with Crippen molar-refractivity contribution in [2.24, 2.45) is 0 Å². The molecule has 1 heterocycles. The number of aliphatic hydroxyl groups is 1. The molecule has 0 spiro atoms. The van der Waals surface area contributed by atoms with E-state index in [4.69, 9.17) is 9.47 Å². The van der Waals surface area contributed by atoms with Gasteiger partial charge < -0.3 is 14.6 Å². The average molecular weight is 250 g/mol. The molecule has 1 N–H and O–H groups in total. The molecule has 0 bridgehead atoms. The third-order valence-electron chi connectivity index (χ3n) is 3.54. The van der Waals surface area contributed by atoms with E-state index in [9.17, 15) is 5.11 Å². The molecule has 0 saturated carbocycles. The van der Waals surface area contributed by atoms with Crippen molar-refractivity contribution in [2.75, 3.05) is 13.7 Å². The monoisotopic (exact) mass is 250 g/mol. The Kier molecular flexibility index (Phi) is 5.02. The molecule has 1 aliphatic rings. The Morgan fingerprint density at radius 3 is 2.72 bits per heavy atom. The van der Waals surface area contributed by atoms with Crippen LogP contribution in [-0.2, 0) is 4.74 Å². The average Bonchev–Trinajstić information content (AvgIpc) is 2.46. The predicted molar refractivity (Wildman–Crippen MR) is 70.8 cm³/mol. The van der Waals surface area contributed by atoms with Crippen LogP contribution in [0.3, 0.4) is 0 Å². The van der Waals surface area contributed by atoms with Gasteiger partial charge in [0.25, 0.3) is 0 Å². The summed E-state index contributed by atoms with van der Waals surface area (Å²) in [6.45, 7) is 0.878. The summed E-state index contributed by atoms with van der Waals surface area (Å²) < 4.78 is 10.8. The number of benzene rings is 1. The lowest BCUT2D eigenvalue weighted by Gasteiger charge is -2.23. The van der Waals surface area contributed by atoms with Crippen LogP contribution in [0.1, 0.15) is 43.8 Å². The Hall–Kier alpha value is -1.06. The highest BCUT2D eigenvalue weighted by molar-refractivity contribution is 5.28. The van der Waals surface area contributed by atoms with E-state index in [-0.39, 0.29) is 0 Å². The third kappa shape index (κ3) is 3.72. The molecule has 0 aromatic heterocycles. The standard InChI is InChI=1S/C15H22O3/c1-17-13-7-5-12(6-8-13)15(16)10-9-14-4-2-3-11-18-14/h5-8,14-16H,2-4,9-11H2,1H3. The summed E-state index contributed by atoms with van der Waals surface area (Å²) in [5, 5.41) is 10.1. The van der Waals surface area contributed by atoms with Gasteiger partial charge in [0.2, 0.25) is 0 Å². The van der Waals surface area contributed by atoms with E-state index in [1.807, 2.05) is 24.3 Å². The van der Waals surface area contributed by atoms with Gasteiger partial charge in [-0.15, -0.1) is 0 Å². The van der Waals surface area contributed by atoms with Crippen molar-refractivity contribution in [3.05, 3.63) is 29.8 Å². The third-order valence-corrected chi connectivity index (χ3v) is 3.54. The van der Waals surface area contributed by atoms with Crippen LogP contribution in [0.15, 0.2) is 24.3 Å². The SMILES string of the molecule is COc1ccc(C(O)CCC2CCCCO2)cc1. The molecule has 2 atom stereocenters. The fraction of sp³-hybridized carbons (Fsp3) is 0.600. The summed E-state index contributed by atoms with van der Waals surface area (Å²) in [5.41, 5.74) is 0.951. The molecule has 2 rings (SSSR count). The molecule has 1 aromatic rings. The van der Waals surface area contributed by atoms with E-state index in [0.29, 0.717) is 6.10 Å². The van der Waals surface area contributed by atoms with Crippen LogP contribution in [0.2, 0.25) is 0 Å². The van der Waals surface area contributed by atoms with Crippen LogP contribution in [0.25, 0.3) is 0 Å². The topological polar surface area (TPSA) is 38.7 Å². The minimum absolute atomic E-state index is 0.339. The molecule has 1 aliphatic heterocycles. The van der Waals surface area contributed by atoms with E-state index >= 15 is 0 Å². The van der Waals surface area contributed by atoms with Crippen molar-refractivity contribution >= 4 is 0 Å². The van der Waals surface area contributed by atoms with Gasteiger partial charge in [-0.1, -0.05) is 12.1 Å². The number of ether oxygens (including phenoxy) is 2. The molecule has 1 fully saturated rings. The van der Waals surface area contributed by atoms with E-state index in [0.717, 1.165) is 37.2 Å². The lowest BCUT2D eigenvalue weighted by molar-refractivity contribution is 0.00213. The molecule has 0 aliphatic carbocycles. The molecular formula is C15H22O3. The summed E-state index contributed by atoms with van der Waals surface area (Å²) in [7, 11) is 1.64. The smallest absolute Gasteiger partial charge is 0.118 e. The van der Waals surface area contributed by atoms with Crippen molar-refractivity contribution in [3.63, 3.8) is 0 Å². The van der Waals surface area contributed by atoms with Crippen LogP contribution in [0.5, 0.6) is 5.75 Å². The Morgan fingerprint density at radius 1 is 1.33 bits per heavy atom. The Morgan fingerprint density at radius 2 is 2.11 bits per heavy atom. The van der Waals surface area contributed by atoms with Gasteiger partial charge in [-0.3, -0.25) is 0 Å². The molecule has 0 radical (unpaired) electrons. The van der Waals surface area contributed by atoms with E-state index < -0.39 is 6.10 Å². The largest absolute Gasteiger partial charge is 0.497 e. The number of aliphatic hydroxyl groups excluding tert-OH is 1. The minimum atomic E-state index is -0.401. The Labute approximate surface area is 109 Å². The van der Waals surface area contributed by atoms with E-state index in [1.54, 1.807) is 7.11 Å². The Bertz CT molecular complexity index is 341. The van der Waals surface area contributed by atoms with E-state index in [1.165, 1.54) is 12.8 Å². The first kappa shape index (κ1) is 13.4. The number of rotatable bonds is 5. The molecule has 3 heteroatoms. The highest BCUT2D eigenvalue weighted by atomic mass is 16.5. The van der Waals surface area contributed by atoms with Gasteiger partial charge in [0.1, 0.15) is 5.75 Å². The van der Waals surface area contributed by atoms with Gasteiger partial charge in [0.05, 0.1) is 19.3 Å². The molecule has 1 aromatic carbocycles. The number of hydrogen-bond donors (Lipinski definition) is 1. The van der Waals surface area contributed by atoms with Gasteiger partial charge in [-0.25, -0.2) is 0 Å². The number of methoxy groups -OCH3 is 1. The molecule has 18 heavy (non-hydrogen) atoms. The molecule has 1 saturated heterocycles. The zero-order valence-electron chi connectivity index (χ0n) is 11.0. The second-order valence-electron chi connectivity index (χ2n) is 4.85. The zero-order valence-corrected chi connectivity index (χ0v) is 11.0. The predicted octanol–water partition coefficient (Wildman–Crippen LogP) is 3.08. The summed E-state index contributed by atoms with van der Waals surface area (Å²) in [6, 6.07) is 7.61. The minimum Gasteiger partial charge on any atom is -0.497 e. The fourth-order valence-electron chi connectivity index (χ4n) is 2.37. The zero-order chi connectivity index (χ0) is 12.8. The highest BCUT2D eigenvalue weighted by Gasteiger charge is 2.16. The maximum atomic E-state index is 10.1. The first-order valence-corrected chi connectivity index (χ1v) is 6.73. The second kappa shape index (κ2) is 6.76. The van der Waals surface area contributed by atoms with Crippen molar-refractivity contribution in [1.82, 2.24) is 0 Å². The first-order valence-electron chi connectivity index (χ1n) is 6.73. The van der Waals surface area contributed by atoms with Crippen LogP contribution in [0, 0.1) is 0 Å².